The molecule has 24 heavy (non-hydrogen) atoms. The Morgan fingerprint density at radius 3 is 2.67 bits per heavy atom. The number of para-hydroxylation sites is 1. The van der Waals surface area contributed by atoms with E-state index in [4.69, 9.17) is 0 Å². The van der Waals surface area contributed by atoms with Gasteiger partial charge in [0.25, 0.3) is 0 Å². The summed E-state index contributed by atoms with van der Waals surface area (Å²) in [6, 6.07) is 19.7. The zero-order valence-corrected chi connectivity index (χ0v) is 14.1. The first-order chi connectivity index (χ1) is 11.8. The van der Waals surface area contributed by atoms with Gasteiger partial charge in [-0.25, -0.2) is 0 Å². The fourth-order valence-corrected chi connectivity index (χ4v) is 4.22. The van der Waals surface area contributed by atoms with Gasteiger partial charge in [0.1, 0.15) is 0 Å². The molecule has 0 aromatic heterocycles. The van der Waals surface area contributed by atoms with Gasteiger partial charge in [-0.1, -0.05) is 48.5 Å². The number of rotatable bonds is 4. The third-order valence-corrected chi connectivity index (χ3v) is 5.40. The molecule has 4 rings (SSSR count). The minimum Gasteiger partial charge on any atom is -0.391 e. The molecule has 1 saturated heterocycles. The average Bonchev–Trinajstić information content (AvgIpc) is 2.62. The zero-order valence-electron chi connectivity index (χ0n) is 14.1. The number of piperazine rings is 1. The molecular weight excluding hydrogens is 296 g/mol. The summed E-state index contributed by atoms with van der Waals surface area (Å²) in [5.74, 6) is 0. The molecule has 2 aromatic carbocycles. The molecule has 0 spiro atoms. The summed E-state index contributed by atoms with van der Waals surface area (Å²) in [5.41, 5.74) is 4.14. The van der Waals surface area contributed by atoms with Gasteiger partial charge in [0.15, 0.2) is 0 Å². The second-order valence-corrected chi connectivity index (χ2v) is 7.12. The molecule has 1 N–H and O–H groups in total. The molecule has 0 aliphatic carbocycles. The smallest absolute Gasteiger partial charge is 0.0707 e. The number of aliphatic hydroxyl groups excluding tert-OH is 1. The lowest BCUT2D eigenvalue weighted by molar-refractivity contribution is 0.0987. The van der Waals surface area contributed by atoms with Crippen LogP contribution in [0.5, 0.6) is 0 Å². The summed E-state index contributed by atoms with van der Waals surface area (Å²) < 4.78 is 0. The molecule has 3 nitrogen and oxygen atoms in total. The molecular formula is C21H26N2O. The van der Waals surface area contributed by atoms with Crippen LogP contribution in [0.3, 0.4) is 0 Å². The van der Waals surface area contributed by atoms with Crippen molar-refractivity contribution in [2.75, 3.05) is 31.1 Å². The predicted molar refractivity (Wildman–Crippen MR) is 98.5 cm³/mol. The number of benzene rings is 2. The van der Waals surface area contributed by atoms with Gasteiger partial charge in [-0.2, -0.15) is 0 Å². The van der Waals surface area contributed by atoms with Crippen molar-refractivity contribution in [2.24, 2.45) is 0 Å². The lowest BCUT2D eigenvalue weighted by Gasteiger charge is -2.46. The van der Waals surface area contributed by atoms with Crippen LogP contribution in [-0.2, 0) is 12.8 Å². The first-order valence-corrected chi connectivity index (χ1v) is 9.08. The zero-order chi connectivity index (χ0) is 16.4. The van der Waals surface area contributed by atoms with Crippen LogP contribution in [0.15, 0.2) is 54.6 Å². The Kier molecular flexibility index (Phi) is 4.54. The SMILES string of the molecule is OC(Cc1ccccc1)CN1CCN2c3ccccc3CCC2C1. The molecule has 3 heteroatoms. The second kappa shape index (κ2) is 6.96. The Bertz CT molecular complexity index is 673. The largest absolute Gasteiger partial charge is 0.391 e. The number of anilines is 1. The first kappa shape index (κ1) is 15.7. The average molecular weight is 322 g/mol. The van der Waals surface area contributed by atoms with Crippen molar-refractivity contribution < 1.29 is 5.11 Å². The molecule has 2 unspecified atom stereocenters. The van der Waals surface area contributed by atoms with Gasteiger partial charge in [0.2, 0.25) is 0 Å². The Morgan fingerprint density at radius 1 is 1.00 bits per heavy atom. The summed E-state index contributed by atoms with van der Waals surface area (Å²) >= 11 is 0. The minimum absolute atomic E-state index is 0.283. The number of hydrogen-bond donors (Lipinski definition) is 1. The summed E-state index contributed by atoms with van der Waals surface area (Å²) in [6.07, 6.45) is 2.86. The maximum Gasteiger partial charge on any atom is 0.0707 e. The van der Waals surface area contributed by atoms with Crippen molar-refractivity contribution in [1.29, 1.82) is 0 Å². The van der Waals surface area contributed by atoms with Gasteiger partial charge in [0.05, 0.1) is 6.10 Å². The third kappa shape index (κ3) is 3.33. The topological polar surface area (TPSA) is 26.7 Å². The van der Waals surface area contributed by atoms with E-state index in [2.05, 4.69) is 46.2 Å². The monoisotopic (exact) mass is 322 g/mol. The number of hydrogen-bond acceptors (Lipinski definition) is 3. The van der Waals surface area contributed by atoms with Crippen LogP contribution in [0.2, 0.25) is 0 Å². The Morgan fingerprint density at radius 2 is 1.79 bits per heavy atom. The molecule has 0 bridgehead atoms. The van der Waals surface area contributed by atoms with Gasteiger partial charge in [-0.3, -0.25) is 4.90 Å². The van der Waals surface area contributed by atoms with Gasteiger partial charge in [-0.15, -0.1) is 0 Å². The minimum atomic E-state index is -0.283. The Balaban J connectivity index is 1.36. The lowest BCUT2D eigenvalue weighted by atomic mass is 9.93. The van der Waals surface area contributed by atoms with Gasteiger partial charge < -0.3 is 10.0 Å². The number of β-amino-alcohol motifs (C(OH)–C–C–N with tert-alkyl or cyclic N) is 1. The second-order valence-electron chi connectivity index (χ2n) is 7.12. The first-order valence-electron chi connectivity index (χ1n) is 9.08. The molecule has 2 aliphatic rings. The molecule has 126 valence electrons. The number of nitrogens with zero attached hydrogens (tertiary/aromatic N) is 2. The maximum atomic E-state index is 10.5. The van der Waals surface area contributed by atoms with E-state index in [9.17, 15) is 5.11 Å². The number of aryl methyl sites for hydroxylation is 1. The van der Waals surface area contributed by atoms with E-state index >= 15 is 0 Å². The third-order valence-electron chi connectivity index (χ3n) is 5.40. The molecule has 0 saturated carbocycles. The summed E-state index contributed by atoms with van der Waals surface area (Å²) in [4.78, 5) is 5.03. The summed E-state index contributed by atoms with van der Waals surface area (Å²) in [6.45, 7) is 3.96. The fraction of sp³-hybridized carbons (Fsp3) is 0.429. The van der Waals surface area contributed by atoms with E-state index in [0.717, 1.165) is 32.6 Å². The van der Waals surface area contributed by atoms with Crippen molar-refractivity contribution in [3.05, 3.63) is 65.7 Å². The normalized spacial score (nSPS) is 21.9. The predicted octanol–water partition coefficient (Wildman–Crippen LogP) is 2.73. The van der Waals surface area contributed by atoms with E-state index in [1.54, 1.807) is 0 Å². The van der Waals surface area contributed by atoms with Crippen molar-refractivity contribution >= 4 is 5.69 Å². The highest BCUT2D eigenvalue weighted by atomic mass is 16.3. The quantitative estimate of drug-likeness (QED) is 0.938. The number of fused-ring (bicyclic) bond motifs is 3. The highest BCUT2D eigenvalue weighted by molar-refractivity contribution is 5.57. The van der Waals surface area contributed by atoms with Crippen molar-refractivity contribution in [2.45, 2.75) is 31.4 Å². The molecule has 1 fully saturated rings. The fourth-order valence-electron chi connectivity index (χ4n) is 4.22. The number of aliphatic hydroxyl groups is 1. The molecule has 0 amide bonds. The van der Waals surface area contributed by atoms with E-state index in [1.165, 1.54) is 29.7 Å². The highest BCUT2D eigenvalue weighted by Crippen LogP contribution is 2.32. The van der Waals surface area contributed by atoms with Crippen LogP contribution in [0.25, 0.3) is 0 Å². The maximum absolute atomic E-state index is 10.5. The molecule has 2 aliphatic heterocycles. The Labute approximate surface area is 144 Å². The van der Waals surface area contributed by atoms with Crippen LogP contribution in [0.4, 0.5) is 5.69 Å². The van der Waals surface area contributed by atoms with Gasteiger partial charge in [-0.05, 0) is 36.5 Å². The molecule has 0 radical (unpaired) electrons. The molecule has 2 aromatic rings. The van der Waals surface area contributed by atoms with Crippen molar-refractivity contribution in [1.82, 2.24) is 4.90 Å². The summed E-state index contributed by atoms with van der Waals surface area (Å²) in [7, 11) is 0. The van der Waals surface area contributed by atoms with E-state index < -0.39 is 0 Å². The van der Waals surface area contributed by atoms with Crippen molar-refractivity contribution in [3.63, 3.8) is 0 Å². The van der Waals surface area contributed by atoms with Gasteiger partial charge in [0, 0.05) is 37.9 Å². The van der Waals surface area contributed by atoms with E-state index in [1.807, 2.05) is 18.2 Å². The molecule has 2 atom stereocenters. The van der Waals surface area contributed by atoms with E-state index in [-0.39, 0.29) is 6.10 Å². The Hall–Kier alpha value is -1.84. The van der Waals surface area contributed by atoms with Crippen LogP contribution >= 0.6 is 0 Å². The molecule has 2 heterocycles. The van der Waals surface area contributed by atoms with Crippen LogP contribution in [0, 0.1) is 0 Å². The van der Waals surface area contributed by atoms with Crippen LogP contribution in [0.1, 0.15) is 17.5 Å². The van der Waals surface area contributed by atoms with E-state index in [0.29, 0.717) is 6.04 Å². The standard InChI is InChI=1S/C21H26N2O/c24-20(14-17-6-2-1-3-7-17)16-22-12-13-23-19(15-22)11-10-18-8-4-5-9-21(18)23/h1-9,19-20,24H,10-16H2. The lowest BCUT2D eigenvalue weighted by Crippen LogP contribution is -2.56. The highest BCUT2D eigenvalue weighted by Gasteiger charge is 2.31. The van der Waals surface area contributed by atoms with Crippen molar-refractivity contribution in [3.8, 4) is 0 Å². The summed E-state index contributed by atoms with van der Waals surface area (Å²) in [5, 5.41) is 10.5. The van der Waals surface area contributed by atoms with Gasteiger partial charge >= 0.3 is 0 Å². The van der Waals surface area contributed by atoms with Crippen LogP contribution < -0.4 is 4.90 Å². The van der Waals surface area contributed by atoms with Crippen LogP contribution in [-0.4, -0.2) is 48.3 Å².